The van der Waals surface area contributed by atoms with E-state index in [1.54, 1.807) is 6.07 Å². The lowest BCUT2D eigenvalue weighted by Gasteiger charge is -2.47. The molecule has 29 heavy (non-hydrogen) atoms. The number of aliphatic hydroxyl groups excluding tert-OH is 1. The Morgan fingerprint density at radius 3 is 2.34 bits per heavy atom. The van der Waals surface area contributed by atoms with Crippen LogP contribution in [0.5, 0.6) is 0 Å². The monoisotopic (exact) mass is 397 g/mol. The van der Waals surface area contributed by atoms with E-state index in [4.69, 9.17) is 0 Å². The normalized spacial score (nSPS) is 22.1. The Kier molecular flexibility index (Phi) is 6.80. The second kappa shape index (κ2) is 9.70. The van der Waals surface area contributed by atoms with Gasteiger partial charge < -0.3 is 10.0 Å². The van der Waals surface area contributed by atoms with Crippen molar-refractivity contribution in [2.75, 3.05) is 44.2 Å². The Morgan fingerprint density at radius 2 is 1.62 bits per heavy atom. The molecule has 0 bridgehead atoms. The first kappa shape index (κ1) is 20.3. The Morgan fingerprint density at radius 1 is 0.897 bits per heavy atom. The van der Waals surface area contributed by atoms with Gasteiger partial charge >= 0.3 is 0 Å². The number of nitrogens with zero attached hydrogens (tertiary/aromatic N) is 3. The quantitative estimate of drug-likeness (QED) is 0.810. The van der Waals surface area contributed by atoms with Crippen molar-refractivity contribution >= 4 is 5.69 Å². The number of piperazine rings is 1. The summed E-state index contributed by atoms with van der Waals surface area (Å²) in [6.07, 6.45) is 3.09. The number of hydrogen-bond acceptors (Lipinski definition) is 4. The van der Waals surface area contributed by atoms with Crippen LogP contribution in [0.1, 0.15) is 24.8 Å². The molecule has 4 nitrogen and oxygen atoms in total. The van der Waals surface area contributed by atoms with Crippen LogP contribution in [-0.4, -0.2) is 66.3 Å². The number of piperidine rings is 1. The molecule has 0 aliphatic carbocycles. The molecule has 0 aromatic heterocycles. The second-order valence-electron chi connectivity index (χ2n) is 8.28. The van der Waals surface area contributed by atoms with Crippen LogP contribution >= 0.6 is 0 Å². The molecule has 0 amide bonds. The molecular formula is C24H32FN3O. The van der Waals surface area contributed by atoms with E-state index in [0.29, 0.717) is 12.6 Å². The van der Waals surface area contributed by atoms with E-state index in [0.717, 1.165) is 44.7 Å². The number of anilines is 1. The number of para-hydroxylation sites is 1. The molecule has 1 atom stereocenters. The fourth-order valence-electron chi connectivity index (χ4n) is 4.85. The molecule has 2 aromatic rings. The van der Waals surface area contributed by atoms with Gasteiger partial charge in [-0.3, -0.25) is 9.80 Å². The zero-order valence-electron chi connectivity index (χ0n) is 17.1. The lowest BCUT2D eigenvalue weighted by molar-refractivity contribution is 0.0249. The van der Waals surface area contributed by atoms with Gasteiger partial charge in [0, 0.05) is 69.2 Å². The summed E-state index contributed by atoms with van der Waals surface area (Å²) < 4.78 is 14.1. The lowest BCUT2D eigenvalue weighted by atomic mass is 9.99. The topological polar surface area (TPSA) is 30.0 Å². The fourth-order valence-corrected chi connectivity index (χ4v) is 4.85. The predicted molar refractivity (Wildman–Crippen MR) is 116 cm³/mol. The van der Waals surface area contributed by atoms with Gasteiger partial charge in [-0.2, -0.15) is 0 Å². The summed E-state index contributed by atoms with van der Waals surface area (Å²) in [6, 6.07) is 18.6. The highest BCUT2D eigenvalue weighted by Crippen LogP contribution is 2.26. The molecule has 2 aromatic carbocycles. The summed E-state index contributed by atoms with van der Waals surface area (Å²) in [4.78, 5) is 7.45. The third-order valence-corrected chi connectivity index (χ3v) is 6.53. The fraction of sp³-hybridized carbons (Fsp3) is 0.500. The molecule has 0 saturated carbocycles. The van der Waals surface area contributed by atoms with Crippen LogP contribution in [0.15, 0.2) is 54.6 Å². The highest BCUT2D eigenvalue weighted by Gasteiger charge is 2.32. The van der Waals surface area contributed by atoms with Gasteiger partial charge in [-0.05, 0) is 37.5 Å². The van der Waals surface area contributed by atoms with Crippen LogP contribution in [-0.2, 0) is 6.54 Å². The summed E-state index contributed by atoms with van der Waals surface area (Å²) in [5.74, 6) is -0.133. The highest BCUT2D eigenvalue weighted by molar-refractivity contribution is 5.46. The minimum Gasteiger partial charge on any atom is -0.396 e. The van der Waals surface area contributed by atoms with Crippen molar-refractivity contribution < 1.29 is 9.50 Å². The van der Waals surface area contributed by atoms with E-state index in [2.05, 4.69) is 45.0 Å². The molecule has 2 aliphatic heterocycles. The van der Waals surface area contributed by atoms with Crippen molar-refractivity contribution in [1.29, 1.82) is 0 Å². The SMILES string of the molecule is OCC[C@H]1CN(C2CCN(c3ccccc3)CC2)CCN1Cc1ccccc1F. The van der Waals surface area contributed by atoms with Gasteiger partial charge in [0.25, 0.3) is 0 Å². The van der Waals surface area contributed by atoms with Crippen LogP contribution in [0.4, 0.5) is 10.1 Å². The Balaban J connectivity index is 1.34. The van der Waals surface area contributed by atoms with Crippen LogP contribution < -0.4 is 4.90 Å². The number of hydrogen-bond donors (Lipinski definition) is 1. The molecule has 156 valence electrons. The predicted octanol–water partition coefficient (Wildman–Crippen LogP) is 3.36. The Hall–Kier alpha value is -1.95. The lowest BCUT2D eigenvalue weighted by Crippen LogP contribution is -2.57. The average molecular weight is 398 g/mol. The zero-order valence-corrected chi connectivity index (χ0v) is 17.1. The van der Waals surface area contributed by atoms with Gasteiger partial charge in [-0.25, -0.2) is 4.39 Å². The number of aliphatic hydroxyl groups is 1. The van der Waals surface area contributed by atoms with Crippen molar-refractivity contribution in [2.45, 2.75) is 37.9 Å². The van der Waals surface area contributed by atoms with Crippen LogP contribution in [0.25, 0.3) is 0 Å². The summed E-state index contributed by atoms with van der Waals surface area (Å²) in [6.45, 7) is 5.90. The summed E-state index contributed by atoms with van der Waals surface area (Å²) in [5.41, 5.74) is 2.07. The molecule has 2 fully saturated rings. The molecular weight excluding hydrogens is 365 g/mol. The largest absolute Gasteiger partial charge is 0.396 e. The van der Waals surface area contributed by atoms with Crippen molar-refractivity contribution in [2.24, 2.45) is 0 Å². The maximum Gasteiger partial charge on any atom is 0.127 e. The number of benzene rings is 2. The summed E-state index contributed by atoms with van der Waals surface area (Å²) in [5, 5.41) is 9.59. The van der Waals surface area contributed by atoms with Crippen molar-refractivity contribution in [1.82, 2.24) is 9.80 Å². The molecule has 2 saturated heterocycles. The van der Waals surface area contributed by atoms with E-state index in [1.165, 1.54) is 24.6 Å². The Bertz CT molecular complexity index is 764. The molecule has 0 unspecified atom stereocenters. The first-order valence-electron chi connectivity index (χ1n) is 10.9. The van der Waals surface area contributed by atoms with E-state index in [-0.39, 0.29) is 18.5 Å². The average Bonchev–Trinajstić information content (AvgIpc) is 2.77. The van der Waals surface area contributed by atoms with Gasteiger partial charge in [0.2, 0.25) is 0 Å². The number of rotatable bonds is 6. The van der Waals surface area contributed by atoms with Gasteiger partial charge in [0.05, 0.1) is 0 Å². The molecule has 0 spiro atoms. The molecule has 2 heterocycles. The highest BCUT2D eigenvalue weighted by atomic mass is 19.1. The molecule has 1 N–H and O–H groups in total. The Labute approximate surface area is 173 Å². The van der Waals surface area contributed by atoms with Crippen molar-refractivity contribution in [3.63, 3.8) is 0 Å². The molecule has 2 aliphatic rings. The molecule has 5 heteroatoms. The van der Waals surface area contributed by atoms with Gasteiger partial charge in [0.15, 0.2) is 0 Å². The van der Waals surface area contributed by atoms with E-state index >= 15 is 0 Å². The second-order valence-corrected chi connectivity index (χ2v) is 8.28. The molecule has 4 rings (SSSR count). The third-order valence-electron chi connectivity index (χ3n) is 6.53. The van der Waals surface area contributed by atoms with Crippen LogP contribution in [0, 0.1) is 5.82 Å². The minimum absolute atomic E-state index is 0.133. The summed E-state index contributed by atoms with van der Waals surface area (Å²) >= 11 is 0. The summed E-state index contributed by atoms with van der Waals surface area (Å²) in [7, 11) is 0. The first-order valence-corrected chi connectivity index (χ1v) is 10.9. The standard InChI is InChI=1S/C24H32FN3O/c25-24-9-5-4-6-20(24)18-27-15-16-28(19-23(27)12-17-29)22-10-13-26(14-11-22)21-7-2-1-3-8-21/h1-9,22-23,29H,10-19H2/t23-/m0/s1. The van der Waals surface area contributed by atoms with Crippen molar-refractivity contribution in [3.8, 4) is 0 Å². The van der Waals surface area contributed by atoms with Crippen LogP contribution in [0.2, 0.25) is 0 Å². The van der Waals surface area contributed by atoms with E-state index in [9.17, 15) is 9.50 Å². The van der Waals surface area contributed by atoms with Gasteiger partial charge in [0.1, 0.15) is 5.82 Å². The molecule has 0 radical (unpaired) electrons. The smallest absolute Gasteiger partial charge is 0.127 e. The van der Waals surface area contributed by atoms with Crippen LogP contribution in [0.3, 0.4) is 0 Å². The maximum atomic E-state index is 14.1. The minimum atomic E-state index is -0.133. The van der Waals surface area contributed by atoms with Gasteiger partial charge in [-0.1, -0.05) is 36.4 Å². The maximum absolute atomic E-state index is 14.1. The third kappa shape index (κ3) is 4.97. The van der Waals surface area contributed by atoms with E-state index < -0.39 is 0 Å². The van der Waals surface area contributed by atoms with E-state index in [1.807, 2.05) is 12.1 Å². The first-order chi connectivity index (χ1) is 14.2. The zero-order chi connectivity index (χ0) is 20.1. The van der Waals surface area contributed by atoms with Crippen molar-refractivity contribution in [3.05, 3.63) is 66.0 Å². The van der Waals surface area contributed by atoms with Gasteiger partial charge in [-0.15, -0.1) is 0 Å². The number of halogens is 1.